The lowest BCUT2D eigenvalue weighted by atomic mass is 10.2. The number of ether oxygens (including phenoxy) is 1. The van der Waals surface area contributed by atoms with Crippen LogP contribution in [-0.2, 0) is 6.54 Å². The summed E-state index contributed by atoms with van der Waals surface area (Å²) in [5.74, 6) is 0.915. The molecule has 0 saturated heterocycles. The van der Waals surface area contributed by atoms with E-state index in [1.807, 2.05) is 24.3 Å². The summed E-state index contributed by atoms with van der Waals surface area (Å²) in [6.45, 7) is 2.06. The van der Waals surface area contributed by atoms with Crippen LogP contribution in [0.25, 0.3) is 0 Å². The fourth-order valence-electron chi connectivity index (χ4n) is 2.08. The highest BCUT2D eigenvalue weighted by molar-refractivity contribution is 5.46. The fraction of sp³-hybridized carbons (Fsp3) is 0.231. The van der Waals surface area contributed by atoms with Gasteiger partial charge in [-0.2, -0.15) is 5.10 Å². The number of fused-ring (bicyclic) bond motifs is 1. The van der Waals surface area contributed by atoms with Gasteiger partial charge in [-0.15, -0.1) is 0 Å². The van der Waals surface area contributed by atoms with Crippen molar-refractivity contribution >= 4 is 5.69 Å². The van der Waals surface area contributed by atoms with Crippen molar-refractivity contribution in [2.45, 2.75) is 6.54 Å². The fourth-order valence-corrected chi connectivity index (χ4v) is 2.08. The molecule has 1 aliphatic rings. The van der Waals surface area contributed by atoms with Gasteiger partial charge in [-0.3, -0.25) is 4.79 Å². The van der Waals surface area contributed by atoms with E-state index < -0.39 is 0 Å². The number of anilines is 1. The van der Waals surface area contributed by atoms with E-state index in [-0.39, 0.29) is 5.56 Å². The molecule has 1 aliphatic heterocycles. The predicted octanol–water partition coefficient (Wildman–Crippen LogP) is 1.17. The normalized spacial score (nSPS) is 14.6. The first-order valence-corrected chi connectivity index (χ1v) is 5.83. The Balaban J connectivity index is 1.94. The Morgan fingerprint density at radius 3 is 3.11 bits per heavy atom. The van der Waals surface area contributed by atoms with Gasteiger partial charge in [0.25, 0.3) is 5.56 Å². The summed E-state index contributed by atoms with van der Waals surface area (Å²) in [4.78, 5) is 13.4. The van der Waals surface area contributed by atoms with Crippen LogP contribution in [-0.4, -0.2) is 23.3 Å². The molecule has 3 rings (SSSR count). The average Bonchev–Trinajstić information content (AvgIpc) is 2.60. The molecular formula is C13H13N3O2. The number of nitrogens with one attached hydrogen (secondary N) is 1. The highest BCUT2D eigenvalue weighted by atomic mass is 16.5. The van der Waals surface area contributed by atoms with E-state index >= 15 is 0 Å². The van der Waals surface area contributed by atoms with Gasteiger partial charge in [0.05, 0.1) is 18.4 Å². The maximum absolute atomic E-state index is 11.3. The van der Waals surface area contributed by atoms with E-state index in [2.05, 4.69) is 15.1 Å². The monoisotopic (exact) mass is 243 g/mol. The highest BCUT2D eigenvalue weighted by Crippen LogP contribution is 2.24. The number of H-pyrrole nitrogens is 1. The molecule has 0 amide bonds. The number of para-hydroxylation sites is 1. The zero-order chi connectivity index (χ0) is 12.4. The molecule has 1 aromatic carbocycles. The van der Waals surface area contributed by atoms with Crippen molar-refractivity contribution in [2.24, 2.45) is 0 Å². The Bertz CT molecular complexity index is 609. The van der Waals surface area contributed by atoms with Gasteiger partial charge >= 0.3 is 0 Å². The van der Waals surface area contributed by atoms with Crippen molar-refractivity contribution < 1.29 is 4.74 Å². The predicted molar refractivity (Wildman–Crippen MR) is 67.8 cm³/mol. The number of rotatable bonds is 1. The molecule has 1 aromatic heterocycles. The first-order chi connectivity index (χ1) is 8.83. The van der Waals surface area contributed by atoms with E-state index in [1.54, 1.807) is 12.3 Å². The van der Waals surface area contributed by atoms with Crippen LogP contribution >= 0.6 is 0 Å². The maximum atomic E-state index is 11.3. The van der Waals surface area contributed by atoms with Gasteiger partial charge in [0.1, 0.15) is 12.4 Å². The third kappa shape index (κ3) is 2.07. The summed E-state index contributed by atoms with van der Waals surface area (Å²) in [6.07, 6.45) is 1.66. The first kappa shape index (κ1) is 10.8. The van der Waals surface area contributed by atoms with Crippen LogP contribution in [0, 0.1) is 0 Å². The van der Waals surface area contributed by atoms with Gasteiger partial charge < -0.3 is 9.64 Å². The second-order valence-electron chi connectivity index (χ2n) is 4.18. The second-order valence-corrected chi connectivity index (χ2v) is 4.18. The molecule has 0 spiro atoms. The number of benzene rings is 1. The Morgan fingerprint density at radius 1 is 1.33 bits per heavy atom. The zero-order valence-electron chi connectivity index (χ0n) is 9.80. The molecule has 0 radical (unpaired) electrons. The van der Waals surface area contributed by atoms with Crippen LogP contribution in [0.4, 0.5) is 5.69 Å². The lowest BCUT2D eigenvalue weighted by molar-refractivity contribution is 0.331. The SMILES string of the molecule is O=c1cc(N2CCOc3ccccc3C2)cn[nH]1. The van der Waals surface area contributed by atoms with E-state index in [9.17, 15) is 4.79 Å². The van der Waals surface area contributed by atoms with Crippen LogP contribution < -0.4 is 15.2 Å². The molecule has 0 bridgehead atoms. The second kappa shape index (κ2) is 4.52. The van der Waals surface area contributed by atoms with Crippen molar-refractivity contribution in [1.29, 1.82) is 0 Å². The van der Waals surface area contributed by atoms with Crippen molar-refractivity contribution in [2.75, 3.05) is 18.1 Å². The summed E-state index contributed by atoms with van der Waals surface area (Å²) in [7, 11) is 0. The molecule has 2 heterocycles. The van der Waals surface area contributed by atoms with E-state index in [1.165, 1.54) is 0 Å². The van der Waals surface area contributed by atoms with Crippen molar-refractivity contribution in [3.8, 4) is 5.75 Å². The molecule has 1 N–H and O–H groups in total. The lowest BCUT2D eigenvalue weighted by Gasteiger charge is -2.20. The van der Waals surface area contributed by atoms with Crippen LogP contribution in [0.1, 0.15) is 5.56 Å². The van der Waals surface area contributed by atoms with Crippen LogP contribution in [0.2, 0.25) is 0 Å². The summed E-state index contributed by atoms with van der Waals surface area (Å²) >= 11 is 0. The number of aromatic amines is 1. The highest BCUT2D eigenvalue weighted by Gasteiger charge is 2.15. The zero-order valence-corrected chi connectivity index (χ0v) is 9.80. The van der Waals surface area contributed by atoms with Crippen molar-refractivity contribution in [3.63, 3.8) is 0 Å². The summed E-state index contributed by atoms with van der Waals surface area (Å²) in [5.41, 5.74) is 1.75. The standard InChI is InChI=1S/C13H13N3O2/c17-13-7-11(8-14-15-13)16-5-6-18-12-4-2-1-3-10(12)9-16/h1-4,7-8H,5-6,9H2,(H,15,17). The third-order valence-corrected chi connectivity index (χ3v) is 2.97. The molecule has 92 valence electrons. The number of nitrogens with zero attached hydrogens (tertiary/aromatic N) is 2. The Morgan fingerprint density at radius 2 is 2.22 bits per heavy atom. The molecule has 0 fully saturated rings. The van der Waals surface area contributed by atoms with Gasteiger partial charge in [0.2, 0.25) is 0 Å². The van der Waals surface area contributed by atoms with Crippen LogP contribution in [0.5, 0.6) is 5.75 Å². The van der Waals surface area contributed by atoms with Crippen molar-refractivity contribution in [1.82, 2.24) is 10.2 Å². The molecule has 0 atom stereocenters. The molecule has 0 unspecified atom stereocenters. The first-order valence-electron chi connectivity index (χ1n) is 5.83. The molecule has 2 aromatic rings. The minimum atomic E-state index is -0.189. The minimum absolute atomic E-state index is 0.189. The van der Waals surface area contributed by atoms with E-state index in [0.29, 0.717) is 6.61 Å². The number of hydrogen-bond donors (Lipinski definition) is 1. The molecular weight excluding hydrogens is 230 g/mol. The smallest absolute Gasteiger partial charge is 0.266 e. The quantitative estimate of drug-likeness (QED) is 0.816. The largest absolute Gasteiger partial charge is 0.491 e. The van der Waals surface area contributed by atoms with E-state index in [0.717, 1.165) is 30.1 Å². The summed E-state index contributed by atoms with van der Waals surface area (Å²) in [6, 6.07) is 9.51. The topological polar surface area (TPSA) is 58.2 Å². The van der Waals surface area contributed by atoms with Gasteiger partial charge in [0, 0.05) is 18.2 Å². The lowest BCUT2D eigenvalue weighted by Crippen LogP contribution is -2.26. The van der Waals surface area contributed by atoms with Gasteiger partial charge in [-0.25, -0.2) is 5.10 Å². The summed E-state index contributed by atoms with van der Waals surface area (Å²) in [5, 5.41) is 6.21. The maximum Gasteiger partial charge on any atom is 0.266 e. The third-order valence-electron chi connectivity index (χ3n) is 2.97. The Labute approximate surface area is 104 Å². The summed E-state index contributed by atoms with van der Waals surface area (Å²) < 4.78 is 5.68. The van der Waals surface area contributed by atoms with Gasteiger partial charge in [0.15, 0.2) is 0 Å². The molecule has 18 heavy (non-hydrogen) atoms. The van der Waals surface area contributed by atoms with Crippen LogP contribution in [0.3, 0.4) is 0 Å². The van der Waals surface area contributed by atoms with Gasteiger partial charge in [-0.05, 0) is 6.07 Å². The van der Waals surface area contributed by atoms with Gasteiger partial charge in [-0.1, -0.05) is 18.2 Å². The molecule has 5 heteroatoms. The van der Waals surface area contributed by atoms with E-state index in [4.69, 9.17) is 4.74 Å². The van der Waals surface area contributed by atoms with Crippen molar-refractivity contribution in [3.05, 3.63) is 52.4 Å². The Kier molecular flexibility index (Phi) is 2.72. The average molecular weight is 243 g/mol. The molecule has 0 saturated carbocycles. The molecule has 5 nitrogen and oxygen atoms in total. The Hall–Kier alpha value is -2.30. The van der Waals surface area contributed by atoms with Crippen LogP contribution in [0.15, 0.2) is 41.3 Å². The number of hydrogen-bond acceptors (Lipinski definition) is 4. The minimum Gasteiger partial charge on any atom is -0.491 e. The molecule has 0 aliphatic carbocycles. The number of aromatic nitrogens is 2.